The second-order valence-electron chi connectivity index (χ2n) is 6.44. The van der Waals surface area contributed by atoms with Crippen molar-refractivity contribution in [1.82, 2.24) is 24.5 Å². The fourth-order valence-electron chi connectivity index (χ4n) is 2.99. The molecule has 0 saturated carbocycles. The van der Waals surface area contributed by atoms with Gasteiger partial charge < -0.3 is 5.32 Å². The van der Waals surface area contributed by atoms with Crippen LogP contribution in [0.4, 0.5) is 0 Å². The average Bonchev–Trinajstić information content (AvgIpc) is 3.27. The number of imidazole rings is 1. The maximum Gasteiger partial charge on any atom is 0.270 e. The molecule has 3 aromatic heterocycles. The van der Waals surface area contributed by atoms with Crippen molar-refractivity contribution in [2.75, 3.05) is 0 Å². The standard InChI is InChI=1S/C20H18ClN5O/c1-13(14-3-6-17(21)7-4-14)24-20(27)18-10-22-19-8-5-15(12-26(18)19)16-9-23-25(2)11-16/h3-13H,1-2H3,(H,24,27)/t13-/m1/s1. The van der Waals surface area contributed by atoms with Crippen molar-refractivity contribution < 1.29 is 4.79 Å². The van der Waals surface area contributed by atoms with Crippen LogP contribution >= 0.6 is 11.6 Å². The lowest BCUT2D eigenvalue weighted by Gasteiger charge is -2.14. The van der Waals surface area contributed by atoms with Crippen molar-refractivity contribution in [3.8, 4) is 11.1 Å². The van der Waals surface area contributed by atoms with Gasteiger partial charge in [0.2, 0.25) is 0 Å². The highest BCUT2D eigenvalue weighted by Crippen LogP contribution is 2.21. The van der Waals surface area contributed by atoms with Gasteiger partial charge in [-0.25, -0.2) is 4.98 Å². The monoisotopic (exact) mass is 379 g/mol. The zero-order chi connectivity index (χ0) is 19.0. The van der Waals surface area contributed by atoms with Crippen LogP contribution in [0.5, 0.6) is 0 Å². The zero-order valence-electron chi connectivity index (χ0n) is 14.9. The molecule has 0 aliphatic heterocycles. The Morgan fingerprint density at radius 2 is 1.85 bits per heavy atom. The second-order valence-corrected chi connectivity index (χ2v) is 6.88. The number of hydrogen-bond acceptors (Lipinski definition) is 3. The van der Waals surface area contributed by atoms with Crippen LogP contribution in [0.3, 0.4) is 0 Å². The lowest BCUT2D eigenvalue weighted by atomic mass is 10.1. The van der Waals surface area contributed by atoms with Gasteiger partial charge in [0.05, 0.1) is 18.4 Å². The molecule has 1 atom stereocenters. The van der Waals surface area contributed by atoms with Gasteiger partial charge in [0.1, 0.15) is 11.3 Å². The molecule has 0 fully saturated rings. The molecule has 0 aliphatic rings. The molecular weight excluding hydrogens is 362 g/mol. The number of aryl methyl sites for hydroxylation is 1. The summed E-state index contributed by atoms with van der Waals surface area (Å²) in [6, 6.07) is 11.1. The van der Waals surface area contributed by atoms with Crippen LogP contribution in [0, 0.1) is 0 Å². The summed E-state index contributed by atoms with van der Waals surface area (Å²) < 4.78 is 3.54. The number of pyridine rings is 1. The van der Waals surface area contributed by atoms with Gasteiger partial charge in [0.15, 0.2) is 0 Å². The van der Waals surface area contributed by atoms with Gasteiger partial charge in [-0.05, 0) is 36.8 Å². The Morgan fingerprint density at radius 3 is 2.56 bits per heavy atom. The van der Waals surface area contributed by atoms with E-state index in [9.17, 15) is 4.79 Å². The van der Waals surface area contributed by atoms with Gasteiger partial charge in [0.25, 0.3) is 5.91 Å². The summed E-state index contributed by atoms with van der Waals surface area (Å²) in [5.74, 6) is -0.187. The molecule has 27 heavy (non-hydrogen) atoms. The quantitative estimate of drug-likeness (QED) is 0.585. The number of fused-ring (bicyclic) bond motifs is 1. The maximum absolute atomic E-state index is 12.8. The summed E-state index contributed by atoms with van der Waals surface area (Å²) in [6.07, 6.45) is 7.22. The lowest BCUT2D eigenvalue weighted by molar-refractivity contribution is 0.0934. The highest BCUT2D eigenvalue weighted by molar-refractivity contribution is 6.30. The van der Waals surface area contributed by atoms with Crippen LogP contribution in [0.1, 0.15) is 29.0 Å². The molecule has 4 rings (SSSR count). The van der Waals surface area contributed by atoms with Crippen LogP contribution < -0.4 is 5.32 Å². The SMILES string of the molecule is C[C@@H](NC(=O)c1cnc2ccc(-c3cnn(C)c3)cn12)c1ccc(Cl)cc1. The molecule has 1 N–H and O–H groups in total. The molecule has 6 nitrogen and oxygen atoms in total. The third-order valence-corrected chi connectivity index (χ3v) is 4.75. The van der Waals surface area contributed by atoms with Crippen LogP contribution in [0.15, 0.2) is 61.2 Å². The van der Waals surface area contributed by atoms with E-state index < -0.39 is 0 Å². The van der Waals surface area contributed by atoms with Gasteiger partial charge >= 0.3 is 0 Å². The van der Waals surface area contributed by atoms with E-state index >= 15 is 0 Å². The van der Waals surface area contributed by atoms with Gasteiger partial charge in [-0.15, -0.1) is 0 Å². The van der Waals surface area contributed by atoms with Crippen LogP contribution in [-0.2, 0) is 7.05 Å². The Morgan fingerprint density at radius 1 is 1.07 bits per heavy atom. The van der Waals surface area contributed by atoms with Crippen molar-refractivity contribution in [2.45, 2.75) is 13.0 Å². The minimum absolute atomic E-state index is 0.151. The highest BCUT2D eigenvalue weighted by Gasteiger charge is 2.16. The first kappa shape index (κ1) is 17.3. The Bertz CT molecular complexity index is 1110. The average molecular weight is 380 g/mol. The topological polar surface area (TPSA) is 64.2 Å². The number of carbonyl (C=O) groups excluding carboxylic acids is 1. The summed E-state index contributed by atoms with van der Waals surface area (Å²) >= 11 is 5.93. The maximum atomic E-state index is 12.8. The Labute approximate surface area is 161 Å². The number of rotatable bonds is 4. The number of carbonyl (C=O) groups is 1. The third-order valence-electron chi connectivity index (χ3n) is 4.49. The van der Waals surface area contributed by atoms with Gasteiger partial charge in [0, 0.05) is 35.6 Å². The first-order valence-electron chi connectivity index (χ1n) is 8.54. The Balaban J connectivity index is 1.62. The smallest absolute Gasteiger partial charge is 0.270 e. The van der Waals surface area contributed by atoms with Crippen LogP contribution in [-0.4, -0.2) is 25.1 Å². The number of halogens is 1. The molecule has 0 unspecified atom stereocenters. The summed E-state index contributed by atoms with van der Waals surface area (Å²) in [7, 11) is 1.87. The minimum atomic E-state index is -0.187. The third kappa shape index (κ3) is 3.44. The number of nitrogens with one attached hydrogen (secondary N) is 1. The number of nitrogens with zero attached hydrogens (tertiary/aromatic N) is 4. The minimum Gasteiger partial charge on any atom is -0.344 e. The molecule has 0 aliphatic carbocycles. The van der Waals surface area contributed by atoms with Crippen molar-refractivity contribution in [1.29, 1.82) is 0 Å². The normalized spacial score (nSPS) is 12.3. The molecule has 4 aromatic rings. The molecular formula is C20H18ClN5O. The fraction of sp³-hybridized carbons (Fsp3) is 0.150. The highest BCUT2D eigenvalue weighted by atomic mass is 35.5. The van der Waals surface area contributed by atoms with Gasteiger partial charge in [-0.3, -0.25) is 13.9 Å². The van der Waals surface area contributed by atoms with Crippen molar-refractivity contribution in [3.63, 3.8) is 0 Å². The number of aromatic nitrogens is 4. The molecule has 1 aromatic carbocycles. The van der Waals surface area contributed by atoms with Crippen molar-refractivity contribution in [2.24, 2.45) is 7.05 Å². The summed E-state index contributed by atoms with van der Waals surface area (Å²) in [6.45, 7) is 1.94. The van der Waals surface area contributed by atoms with E-state index in [-0.39, 0.29) is 11.9 Å². The summed E-state index contributed by atoms with van der Waals surface area (Å²) in [5.41, 5.74) is 4.13. The number of hydrogen-bond donors (Lipinski definition) is 1. The first-order chi connectivity index (χ1) is 13.0. The molecule has 3 heterocycles. The van der Waals surface area contributed by atoms with Gasteiger partial charge in [-0.2, -0.15) is 5.10 Å². The van der Waals surface area contributed by atoms with E-state index in [4.69, 9.17) is 11.6 Å². The molecule has 0 spiro atoms. The predicted octanol–water partition coefficient (Wildman–Crippen LogP) is 3.88. The van der Waals surface area contributed by atoms with Gasteiger partial charge in [-0.1, -0.05) is 23.7 Å². The molecule has 7 heteroatoms. The molecule has 1 amide bonds. The van der Waals surface area contributed by atoms with Crippen LogP contribution in [0.2, 0.25) is 5.02 Å². The number of amides is 1. The van der Waals surface area contributed by atoms with E-state index in [1.54, 1.807) is 21.5 Å². The molecule has 0 saturated heterocycles. The van der Waals surface area contributed by atoms with E-state index in [1.165, 1.54) is 0 Å². The van der Waals surface area contributed by atoms with Crippen molar-refractivity contribution in [3.05, 3.63) is 77.5 Å². The van der Waals surface area contributed by atoms with Crippen molar-refractivity contribution >= 4 is 23.2 Å². The molecule has 0 bridgehead atoms. The zero-order valence-corrected chi connectivity index (χ0v) is 15.7. The lowest BCUT2D eigenvalue weighted by Crippen LogP contribution is -2.27. The van der Waals surface area contributed by atoms with E-state index in [2.05, 4.69) is 15.4 Å². The summed E-state index contributed by atoms with van der Waals surface area (Å²) in [4.78, 5) is 17.1. The Hall–Kier alpha value is -3.12. The van der Waals surface area contributed by atoms with E-state index in [0.717, 1.165) is 16.7 Å². The number of benzene rings is 1. The second kappa shape index (κ2) is 6.89. The molecule has 0 radical (unpaired) electrons. The Kier molecular flexibility index (Phi) is 4.41. The van der Waals surface area contributed by atoms with E-state index in [1.807, 2.05) is 62.8 Å². The van der Waals surface area contributed by atoms with E-state index in [0.29, 0.717) is 16.4 Å². The summed E-state index contributed by atoms with van der Waals surface area (Å²) in [5, 5.41) is 7.88. The predicted molar refractivity (Wildman–Crippen MR) is 105 cm³/mol. The largest absolute Gasteiger partial charge is 0.344 e. The van der Waals surface area contributed by atoms with Crippen LogP contribution in [0.25, 0.3) is 16.8 Å². The molecule has 136 valence electrons. The fourth-order valence-corrected chi connectivity index (χ4v) is 3.12. The first-order valence-corrected chi connectivity index (χ1v) is 8.91.